The molecule has 1 atom stereocenters. The van der Waals surface area contributed by atoms with Crippen LogP contribution in [0.25, 0.3) is 0 Å². The molecule has 0 heterocycles. The first kappa shape index (κ1) is 16.3. The summed E-state index contributed by atoms with van der Waals surface area (Å²) in [6.45, 7) is 1.95. The molecule has 5 heteroatoms. The normalized spacial score (nSPS) is 12.0. The Balaban J connectivity index is 1.97. The molecule has 21 heavy (non-hydrogen) atoms. The topological polar surface area (TPSA) is 29.1 Å². The van der Waals surface area contributed by atoms with Gasteiger partial charge < -0.3 is 5.32 Å². The molecule has 0 aliphatic heterocycles. The van der Waals surface area contributed by atoms with E-state index in [-0.39, 0.29) is 18.4 Å². The molecule has 0 radical (unpaired) electrons. The van der Waals surface area contributed by atoms with E-state index in [0.29, 0.717) is 10.0 Å². The molecule has 0 spiro atoms. The van der Waals surface area contributed by atoms with Crippen molar-refractivity contribution in [1.29, 1.82) is 0 Å². The van der Waals surface area contributed by atoms with Crippen molar-refractivity contribution in [2.75, 3.05) is 0 Å². The van der Waals surface area contributed by atoms with E-state index in [9.17, 15) is 4.79 Å². The molecule has 0 aliphatic rings. The molecule has 2 rings (SSSR count). The second kappa shape index (κ2) is 7.30. The Morgan fingerprint density at radius 1 is 1.14 bits per heavy atom. The van der Waals surface area contributed by atoms with Crippen molar-refractivity contribution in [2.24, 2.45) is 0 Å². The average molecular weight is 387 g/mol. The minimum absolute atomic E-state index is 0.0478. The molecule has 2 aromatic carbocycles. The molecule has 1 amide bonds. The quantitative estimate of drug-likeness (QED) is 0.770. The number of halogens is 3. The van der Waals surface area contributed by atoms with Crippen LogP contribution >= 0.6 is 39.1 Å². The lowest BCUT2D eigenvalue weighted by molar-refractivity contribution is -0.121. The van der Waals surface area contributed by atoms with Gasteiger partial charge in [0.25, 0.3) is 0 Å². The standard InChI is InChI=1S/C16H14BrCl2NO/c1-10(12-3-5-13(17)6-4-12)20-16(21)9-11-2-7-14(18)15(19)8-11/h2-8,10H,9H2,1H3,(H,20,21)/t10-/m0/s1. The van der Waals surface area contributed by atoms with Gasteiger partial charge in [-0.15, -0.1) is 0 Å². The molecule has 110 valence electrons. The molecular formula is C16H14BrCl2NO. The van der Waals surface area contributed by atoms with Gasteiger partial charge >= 0.3 is 0 Å². The third-order valence-corrected chi connectivity index (χ3v) is 4.36. The van der Waals surface area contributed by atoms with E-state index in [1.807, 2.05) is 31.2 Å². The molecule has 2 aromatic rings. The van der Waals surface area contributed by atoms with Crippen molar-refractivity contribution in [3.05, 3.63) is 68.1 Å². The molecule has 0 saturated carbocycles. The van der Waals surface area contributed by atoms with E-state index in [2.05, 4.69) is 21.2 Å². The first-order chi connectivity index (χ1) is 9.95. The van der Waals surface area contributed by atoms with Crippen LogP contribution in [-0.2, 0) is 11.2 Å². The summed E-state index contributed by atoms with van der Waals surface area (Å²) in [5, 5.41) is 3.92. The Hall–Kier alpha value is -1.03. The zero-order valence-corrected chi connectivity index (χ0v) is 14.5. The molecule has 0 unspecified atom stereocenters. The molecular weight excluding hydrogens is 373 g/mol. The van der Waals surface area contributed by atoms with Crippen LogP contribution in [0.4, 0.5) is 0 Å². The van der Waals surface area contributed by atoms with Crippen molar-refractivity contribution < 1.29 is 4.79 Å². The Morgan fingerprint density at radius 3 is 2.43 bits per heavy atom. The van der Waals surface area contributed by atoms with Crippen LogP contribution in [0.5, 0.6) is 0 Å². The van der Waals surface area contributed by atoms with Gasteiger partial charge in [-0.1, -0.05) is 57.3 Å². The Labute approximate surface area is 142 Å². The smallest absolute Gasteiger partial charge is 0.224 e. The second-order valence-electron chi connectivity index (χ2n) is 4.77. The van der Waals surface area contributed by atoms with Gasteiger partial charge in [0.2, 0.25) is 5.91 Å². The van der Waals surface area contributed by atoms with Crippen LogP contribution in [0.3, 0.4) is 0 Å². The lowest BCUT2D eigenvalue weighted by Gasteiger charge is -2.14. The minimum Gasteiger partial charge on any atom is -0.349 e. The summed E-state index contributed by atoms with van der Waals surface area (Å²) >= 11 is 15.2. The average Bonchev–Trinajstić information content (AvgIpc) is 2.43. The van der Waals surface area contributed by atoms with Crippen LogP contribution in [-0.4, -0.2) is 5.91 Å². The molecule has 1 N–H and O–H groups in total. The summed E-state index contributed by atoms with van der Waals surface area (Å²) in [4.78, 5) is 12.1. The van der Waals surface area contributed by atoms with Gasteiger partial charge in [-0.05, 0) is 42.3 Å². The van der Waals surface area contributed by atoms with Crippen molar-refractivity contribution >= 4 is 45.0 Å². The maximum Gasteiger partial charge on any atom is 0.224 e. The van der Waals surface area contributed by atoms with Crippen LogP contribution < -0.4 is 5.32 Å². The summed E-state index contributed by atoms with van der Waals surface area (Å²) in [6, 6.07) is 13.0. The number of nitrogens with one attached hydrogen (secondary N) is 1. The Morgan fingerprint density at radius 2 is 1.81 bits per heavy atom. The molecule has 0 aromatic heterocycles. The lowest BCUT2D eigenvalue weighted by Crippen LogP contribution is -2.28. The molecule has 0 fully saturated rings. The Kier molecular flexibility index (Phi) is 5.68. The van der Waals surface area contributed by atoms with E-state index >= 15 is 0 Å². The van der Waals surface area contributed by atoms with Gasteiger partial charge in [0.1, 0.15) is 0 Å². The van der Waals surface area contributed by atoms with Crippen molar-refractivity contribution in [1.82, 2.24) is 5.32 Å². The van der Waals surface area contributed by atoms with Gasteiger partial charge in [-0.25, -0.2) is 0 Å². The van der Waals surface area contributed by atoms with Gasteiger partial charge in [0.15, 0.2) is 0 Å². The van der Waals surface area contributed by atoms with E-state index in [1.165, 1.54) is 0 Å². The third-order valence-electron chi connectivity index (χ3n) is 3.10. The number of hydrogen-bond donors (Lipinski definition) is 1. The van der Waals surface area contributed by atoms with E-state index in [1.54, 1.807) is 18.2 Å². The first-order valence-electron chi connectivity index (χ1n) is 6.44. The van der Waals surface area contributed by atoms with E-state index in [0.717, 1.165) is 15.6 Å². The third kappa shape index (κ3) is 4.73. The molecule has 0 aliphatic carbocycles. The lowest BCUT2D eigenvalue weighted by atomic mass is 10.1. The summed E-state index contributed by atoms with van der Waals surface area (Å²) in [5.41, 5.74) is 1.89. The van der Waals surface area contributed by atoms with Crippen LogP contribution in [0.1, 0.15) is 24.1 Å². The predicted molar refractivity (Wildman–Crippen MR) is 90.9 cm³/mol. The first-order valence-corrected chi connectivity index (χ1v) is 7.99. The highest BCUT2D eigenvalue weighted by Crippen LogP contribution is 2.23. The van der Waals surface area contributed by atoms with Crippen molar-refractivity contribution in [3.63, 3.8) is 0 Å². The number of benzene rings is 2. The fourth-order valence-corrected chi connectivity index (χ4v) is 2.55. The fraction of sp³-hybridized carbons (Fsp3) is 0.188. The maximum absolute atomic E-state index is 12.1. The van der Waals surface area contributed by atoms with E-state index in [4.69, 9.17) is 23.2 Å². The predicted octanol–water partition coefficient (Wildman–Crippen LogP) is 5.18. The number of amides is 1. The monoisotopic (exact) mass is 385 g/mol. The highest BCUT2D eigenvalue weighted by molar-refractivity contribution is 9.10. The van der Waals surface area contributed by atoms with Crippen LogP contribution in [0.15, 0.2) is 46.9 Å². The van der Waals surface area contributed by atoms with Gasteiger partial charge in [-0.2, -0.15) is 0 Å². The largest absolute Gasteiger partial charge is 0.349 e. The highest BCUT2D eigenvalue weighted by atomic mass is 79.9. The summed E-state index contributed by atoms with van der Waals surface area (Å²) in [7, 11) is 0. The zero-order chi connectivity index (χ0) is 15.4. The summed E-state index contributed by atoms with van der Waals surface area (Å²) < 4.78 is 1.01. The highest BCUT2D eigenvalue weighted by Gasteiger charge is 2.11. The van der Waals surface area contributed by atoms with Gasteiger partial charge in [-0.3, -0.25) is 4.79 Å². The van der Waals surface area contributed by atoms with Gasteiger partial charge in [0, 0.05) is 4.47 Å². The van der Waals surface area contributed by atoms with E-state index < -0.39 is 0 Å². The van der Waals surface area contributed by atoms with Crippen LogP contribution in [0.2, 0.25) is 10.0 Å². The molecule has 0 bridgehead atoms. The molecule has 0 saturated heterocycles. The maximum atomic E-state index is 12.1. The van der Waals surface area contributed by atoms with Crippen LogP contribution in [0, 0.1) is 0 Å². The minimum atomic E-state index is -0.0520. The fourth-order valence-electron chi connectivity index (χ4n) is 1.96. The van der Waals surface area contributed by atoms with Gasteiger partial charge in [0.05, 0.1) is 22.5 Å². The van der Waals surface area contributed by atoms with Crippen molar-refractivity contribution in [3.8, 4) is 0 Å². The second-order valence-corrected chi connectivity index (χ2v) is 6.50. The SMILES string of the molecule is C[C@H](NC(=O)Cc1ccc(Cl)c(Cl)c1)c1ccc(Br)cc1. The molecule has 2 nitrogen and oxygen atoms in total. The summed E-state index contributed by atoms with van der Waals surface area (Å²) in [5.74, 6) is -0.0520. The summed E-state index contributed by atoms with van der Waals surface area (Å²) in [6.07, 6.45) is 0.276. The number of rotatable bonds is 4. The Bertz CT molecular complexity index is 643. The number of hydrogen-bond acceptors (Lipinski definition) is 1. The zero-order valence-electron chi connectivity index (χ0n) is 11.4. The number of carbonyl (C=O) groups excluding carboxylic acids is 1. The number of carbonyl (C=O) groups is 1. The van der Waals surface area contributed by atoms with Crippen molar-refractivity contribution in [2.45, 2.75) is 19.4 Å².